The van der Waals surface area contributed by atoms with Gasteiger partial charge in [-0.25, -0.2) is 0 Å². The summed E-state index contributed by atoms with van der Waals surface area (Å²) >= 11 is 0. The second-order valence-corrected chi connectivity index (χ2v) is 5.51. The van der Waals surface area contributed by atoms with E-state index in [1.54, 1.807) is 6.07 Å². The van der Waals surface area contributed by atoms with Gasteiger partial charge in [0.05, 0.1) is 12.0 Å². The summed E-state index contributed by atoms with van der Waals surface area (Å²) in [4.78, 5) is 12.8. The minimum atomic E-state index is -0.109. The van der Waals surface area contributed by atoms with E-state index in [2.05, 4.69) is 6.92 Å². The van der Waals surface area contributed by atoms with Crippen LogP contribution >= 0.6 is 0 Å². The van der Waals surface area contributed by atoms with Crippen molar-refractivity contribution in [1.29, 1.82) is 0 Å². The Morgan fingerprint density at radius 2 is 1.70 bits per heavy atom. The van der Waals surface area contributed by atoms with Gasteiger partial charge in [-0.15, -0.1) is 0 Å². The zero-order chi connectivity index (χ0) is 16.1. The first kappa shape index (κ1) is 15.3. The van der Waals surface area contributed by atoms with Crippen LogP contribution in [0.4, 0.5) is 0 Å². The maximum absolute atomic E-state index is 12.8. The SMILES string of the molecule is CCCCCOc1c(-c2ccccc2)oc2ccccc2c1=O. The van der Waals surface area contributed by atoms with Crippen LogP contribution in [0.15, 0.2) is 63.8 Å². The Labute approximate surface area is 135 Å². The van der Waals surface area contributed by atoms with Gasteiger partial charge in [0.15, 0.2) is 5.76 Å². The standard InChI is InChI=1S/C20H20O3/c1-2-3-9-14-22-20-18(21)16-12-7-8-13-17(16)23-19(20)15-10-5-4-6-11-15/h4-8,10-13H,2-3,9,14H2,1H3. The summed E-state index contributed by atoms with van der Waals surface area (Å²) in [5.41, 5.74) is 1.32. The fourth-order valence-corrected chi connectivity index (χ4v) is 2.56. The molecule has 0 saturated carbocycles. The van der Waals surface area contributed by atoms with Gasteiger partial charge in [-0.05, 0) is 18.6 Å². The average Bonchev–Trinajstić information content (AvgIpc) is 2.61. The molecule has 0 unspecified atom stereocenters. The van der Waals surface area contributed by atoms with Gasteiger partial charge < -0.3 is 9.15 Å². The summed E-state index contributed by atoms with van der Waals surface area (Å²) in [6.07, 6.45) is 3.12. The van der Waals surface area contributed by atoms with Crippen molar-refractivity contribution in [2.24, 2.45) is 0 Å². The smallest absolute Gasteiger partial charge is 0.235 e. The molecule has 1 aromatic heterocycles. The second kappa shape index (κ2) is 7.14. The van der Waals surface area contributed by atoms with Crippen molar-refractivity contribution in [3.8, 4) is 17.1 Å². The van der Waals surface area contributed by atoms with Crippen LogP contribution in [0, 0.1) is 0 Å². The van der Waals surface area contributed by atoms with E-state index < -0.39 is 0 Å². The molecule has 0 aliphatic heterocycles. The van der Waals surface area contributed by atoms with E-state index in [0.717, 1.165) is 24.8 Å². The highest BCUT2D eigenvalue weighted by molar-refractivity contribution is 5.81. The lowest BCUT2D eigenvalue weighted by Gasteiger charge is -2.11. The van der Waals surface area contributed by atoms with Crippen LogP contribution in [-0.2, 0) is 0 Å². The molecule has 118 valence electrons. The minimum Gasteiger partial charge on any atom is -0.486 e. The van der Waals surface area contributed by atoms with Crippen LogP contribution in [-0.4, -0.2) is 6.61 Å². The van der Waals surface area contributed by atoms with Crippen molar-refractivity contribution >= 4 is 11.0 Å². The highest BCUT2D eigenvalue weighted by atomic mass is 16.5. The Morgan fingerprint density at radius 1 is 0.957 bits per heavy atom. The Balaban J connectivity index is 2.10. The number of rotatable bonds is 6. The third-order valence-corrected chi connectivity index (χ3v) is 3.79. The summed E-state index contributed by atoms with van der Waals surface area (Å²) < 4.78 is 11.8. The van der Waals surface area contributed by atoms with E-state index in [1.807, 2.05) is 48.5 Å². The zero-order valence-electron chi connectivity index (χ0n) is 13.2. The van der Waals surface area contributed by atoms with Gasteiger partial charge in [-0.1, -0.05) is 62.2 Å². The molecule has 2 aromatic carbocycles. The quantitative estimate of drug-likeness (QED) is 0.600. The molecule has 0 aliphatic rings. The maximum Gasteiger partial charge on any atom is 0.235 e. The topological polar surface area (TPSA) is 39.4 Å². The summed E-state index contributed by atoms with van der Waals surface area (Å²) in [5.74, 6) is 0.816. The summed E-state index contributed by atoms with van der Waals surface area (Å²) in [6, 6.07) is 16.9. The average molecular weight is 308 g/mol. The molecule has 0 fully saturated rings. The molecular weight excluding hydrogens is 288 g/mol. The normalized spacial score (nSPS) is 10.8. The maximum atomic E-state index is 12.8. The number of hydrogen-bond acceptors (Lipinski definition) is 3. The highest BCUT2D eigenvalue weighted by Crippen LogP contribution is 2.30. The number of ether oxygens (including phenoxy) is 1. The van der Waals surface area contributed by atoms with Crippen molar-refractivity contribution in [3.63, 3.8) is 0 Å². The zero-order valence-corrected chi connectivity index (χ0v) is 13.2. The molecule has 3 heteroatoms. The summed E-state index contributed by atoms with van der Waals surface area (Å²) in [5, 5.41) is 0.553. The lowest BCUT2D eigenvalue weighted by molar-refractivity contribution is 0.298. The van der Waals surface area contributed by atoms with Crippen molar-refractivity contribution in [1.82, 2.24) is 0 Å². The monoisotopic (exact) mass is 308 g/mol. The molecule has 3 aromatic rings. The Hall–Kier alpha value is -2.55. The first-order valence-electron chi connectivity index (χ1n) is 8.05. The molecule has 3 nitrogen and oxygen atoms in total. The first-order valence-corrected chi connectivity index (χ1v) is 8.05. The number of fused-ring (bicyclic) bond motifs is 1. The molecule has 0 aliphatic carbocycles. The van der Waals surface area contributed by atoms with Gasteiger partial charge in [0, 0.05) is 5.56 Å². The summed E-state index contributed by atoms with van der Waals surface area (Å²) in [6.45, 7) is 2.66. The Kier molecular flexibility index (Phi) is 4.77. The molecule has 0 radical (unpaired) electrons. The largest absolute Gasteiger partial charge is 0.486 e. The minimum absolute atomic E-state index is 0.109. The van der Waals surface area contributed by atoms with E-state index in [0.29, 0.717) is 29.1 Å². The van der Waals surface area contributed by atoms with E-state index >= 15 is 0 Å². The lowest BCUT2D eigenvalue weighted by atomic mass is 10.1. The van der Waals surface area contributed by atoms with Crippen molar-refractivity contribution in [3.05, 3.63) is 64.8 Å². The van der Waals surface area contributed by atoms with Gasteiger partial charge in [0.25, 0.3) is 0 Å². The van der Waals surface area contributed by atoms with Crippen LogP contribution in [0.1, 0.15) is 26.2 Å². The van der Waals surface area contributed by atoms with Gasteiger partial charge in [0.2, 0.25) is 11.2 Å². The van der Waals surface area contributed by atoms with Gasteiger partial charge in [-0.3, -0.25) is 4.79 Å². The molecule has 0 atom stereocenters. The van der Waals surface area contributed by atoms with Crippen LogP contribution in [0.25, 0.3) is 22.3 Å². The van der Waals surface area contributed by atoms with Gasteiger partial charge in [0.1, 0.15) is 5.58 Å². The van der Waals surface area contributed by atoms with Crippen molar-refractivity contribution in [2.75, 3.05) is 6.61 Å². The van der Waals surface area contributed by atoms with Gasteiger partial charge >= 0.3 is 0 Å². The number of unbranched alkanes of at least 4 members (excludes halogenated alkanes) is 2. The predicted molar refractivity (Wildman–Crippen MR) is 92.9 cm³/mol. The summed E-state index contributed by atoms with van der Waals surface area (Å²) in [7, 11) is 0. The molecule has 0 saturated heterocycles. The molecule has 0 spiro atoms. The highest BCUT2D eigenvalue weighted by Gasteiger charge is 2.17. The number of hydrogen-bond donors (Lipinski definition) is 0. The third-order valence-electron chi connectivity index (χ3n) is 3.79. The predicted octanol–water partition coefficient (Wildman–Crippen LogP) is 5.03. The van der Waals surface area contributed by atoms with Crippen LogP contribution in [0.5, 0.6) is 5.75 Å². The first-order chi connectivity index (χ1) is 11.3. The molecule has 0 bridgehead atoms. The lowest BCUT2D eigenvalue weighted by Crippen LogP contribution is -2.11. The molecular formula is C20H20O3. The Bertz CT molecular complexity index is 834. The van der Waals surface area contributed by atoms with E-state index in [-0.39, 0.29) is 5.43 Å². The van der Waals surface area contributed by atoms with Crippen LogP contribution < -0.4 is 10.2 Å². The third kappa shape index (κ3) is 3.29. The molecule has 0 amide bonds. The molecule has 3 rings (SSSR count). The van der Waals surface area contributed by atoms with E-state index in [4.69, 9.17) is 9.15 Å². The fraction of sp³-hybridized carbons (Fsp3) is 0.250. The molecule has 1 heterocycles. The number of benzene rings is 2. The second-order valence-electron chi connectivity index (χ2n) is 5.51. The van der Waals surface area contributed by atoms with Crippen LogP contribution in [0.3, 0.4) is 0 Å². The van der Waals surface area contributed by atoms with Crippen molar-refractivity contribution < 1.29 is 9.15 Å². The van der Waals surface area contributed by atoms with E-state index in [1.165, 1.54) is 0 Å². The fourth-order valence-electron chi connectivity index (χ4n) is 2.56. The Morgan fingerprint density at radius 3 is 2.48 bits per heavy atom. The van der Waals surface area contributed by atoms with Crippen molar-refractivity contribution in [2.45, 2.75) is 26.2 Å². The number of para-hydroxylation sites is 1. The molecule has 23 heavy (non-hydrogen) atoms. The van der Waals surface area contributed by atoms with Crippen LogP contribution in [0.2, 0.25) is 0 Å². The molecule has 0 N–H and O–H groups in total. The van der Waals surface area contributed by atoms with E-state index in [9.17, 15) is 4.79 Å². The van der Waals surface area contributed by atoms with Gasteiger partial charge in [-0.2, -0.15) is 0 Å².